The summed E-state index contributed by atoms with van der Waals surface area (Å²) in [4.78, 5) is 23.0. The number of piperidine rings is 1. The summed E-state index contributed by atoms with van der Waals surface area (Å²) in [5.41, 5.74) is 0.432. The van der Waals surface area contributed by atoms with Crippen LogP contribution in [0.5, 0.6) is 0 Å². The Morgan fingerprint density at radius 1 is 1.26 bits per heavy atom. The summed E-state index contributed by atoms with van der Waals surface area (Å²) >= 11 is 6.05. The second-order valence-electron chi connectivity index (χ2n) is 5.86. The van der Waals surface area contributed by atoms with Gasteiger partial charge in [0.1, 0.15) is 18.0 Å². The minimum atomic E-state index is -0.271. The van der Waals surface area contributed by atoms with E-state index in [4.69, 9.17) is 11.6 Å². The minimum Gasteiger partial charge on any atom is -0.356 e. The third-order valence-corrected chi connectivity index (χ3v) is 4.45. The summed E-state index contributed by atoms with van der Waals surface area (Å²) in [6.07, 6.45) is 3.80. The fraction of sp³-hybridized carbons (Fsp3) is 0.353. The zero-order chi connectivity index (χ0) is 16.2. The monoisotopic (exact) mass is 330 g/mol. The first-order valence-corrected chi connectivity index (χ1v) is 8.14. The van der Waals surface area contributed by atoms with Gasteiger partial charge in [0.25, 0.3) is 5.91 Å². The van der Waals surface area contributed by atoms with Crippen molar-refractivity contribution in [1.29, 1.82) is 0 Å². The van der Waals surface area contributed by atoms with E-state index in [0.29, 0.717) is 16.4 Å². The molecular weight excluding hydrogens is 312 g/mol. The number of amides is 1. The lowest BCUT2D eigenvalue weighted by atomic mass is 9.99. The maximum Gasteiger partial charge on any atom is 0.258 e. The summed E-state index contributed by atoms with van der Waals surface area (Å²) in [5, 5.41) is 3.21. The number of aromatic nitrogens is 2. The van der Waals surface area contributed by atoms with Crippen LogP contribution in [0.1, 0.15) is 30.1 Å². The van der Waals surface area contributed by atoms with Gasteiger partial charge < -0.3 is 10.2 Å². The predicted molar refractivity (Wildman–Crippen MR) is 92.0 cm³/mol. The van der Waals surface area contributed by atoms with Gasteiger partial charge in [0.05, 0.1) is 10.6 Å². The highest BCUT2D eigenvalue weighted by Gasteiger charge is 2.18. The van der Waals surface area contributed by atoms with E-state index in [1.165, 1.54) is 6.33 Å². The molecule has 120 valence electrons. The molecule has 0 saturated carbocycles. The fourth-order valence-corrected chi connectivity index (χ4v) is 2.88. The van der Waals surface area contributed by atoms with E-state index in [1.807, 2.05) is 6.07 Å². The Balaban J connectivity index is 1.73. The van der Waals surface area contributed by atoms with Crippen molar-refractivity contribution in [3.63, 3.8) is 0 Å². The second kappa shape index (κ2) is 6.96. The summed E-state index contributed by atoms with van der Waals surface area (Å²) in [6.45, 7) is 4.23. The van der Waals surface area contributed by atoms with E-state index in [9.17, 15) is 4.79 Å². The molecule has 1 aromatic heterocycles. The molecule has 1 saturated heterocycles. The van der Waals surface area contributed by atoms with Gasteiger partial charge in [-0.2, -0.15) is 0 Å². The van der Waals surface area contributed by atoms with Crippen LogP contribution in [0.3, 0.4) is 0 Å². The maximum atomic E-state index is 12.3. The average Bonchev–Trinajstić information content (AvgIpc) is 2.56. The van der Waals surface area contributed by atoms with Gasteiger partial charge in [-0.05, 0) is 30.9 Å². The second-order valence-corrected chi connectivity index (χ2v) is 6.27. The van der Waals surface area contributed by atoms with Gasteiger partial charge in [0.2, 0.25) is 0 Å². The molecular formula is C17H19ClN4O. The zero-order valence-corrected chi connectivity index (χ0v) is 13.8. The van der Waals surface area contributed by atoms with Crippen LogP contribution in [0.15, 0.2) is 36.7 Å². The standard InChI is InChI=1S/C17H19ClN4O/c1-12-6-8-22(9-7-12)16-10-15(19-11-20-16)21-17(23)13-4-2-3-5-14(13)18/h2-5,10-12H,6-9H2,1H3,(H,19,20,21,23). The summed E-state index contributed by atoms with van der Waals surface area (Å²) in [5.74, 6) is 1.82. The molecule has 5 nitrogen and oxygen atoms in total. The highest BCUT2D eigenvalue weighted by atomic mass is 35.5. The maximum absolute atomic E-state index is 12.3. The van der Waals surface area contributed by atoms with Crippen LogP contribution in [-0.4, -0.2) is 29.0 Å². The van der Waals surface area contributed by atoms with Gasteiger partial charge in [-0.15, -0.1) is 0 Å². The van der Waals surface area contributed by atoms with E-state index in [2.05, 4.69) is 27.1 Å². The minimum absolute atomic E-state index is 0.271. The molecule has 1 aromatic carbocycles. The molecule has 23 heavy (non-hydrogen) atoms. The molecule has 0 bridgehead atoms. The molecule has 0 spiro atoms. The van der Waals surface area contributed by atoms with Crippen LogP contribution in [0.4, 0.5) is 11.6 Å². The number of rotatable bonds is 3. The quantitative estimate of drug-likeness (QED) is 0.933. The molecule has 2 aromatic rings. The number of halogens is 1. The lowest BCUT2D eigenvalue weighted by Gasteiger charge is -2.31. The van der Waals surface area contributed by atoms with Crippen LogP contribution in [0, 0.1) is 5.92 Å². The van der Waals surface area contributed by atoms with Crippen molar-refractivity contribution < 1.29 is 4.79 Å². The first-order valence-electron chi connectivity index (χ1n) is 7.76. The Kier molecular flexibility index (Phi) is 4.76. The van der Waals surface area contributed by atoms with Crippen molar-refractivity contribution in [2.45, 2.75) is 19.8 Å². The third-order valence-electron chi connectivity index (χ3n) is 4.12. The Labute approximate surface area is 140 Å². The van der Waals surface area contributed by atoms with E-state index >= 15 is 0 Å². The van der Waals surface area contributed by atoms with Gasteiger partial charge in [-0.3, -0.25) is 4.79 Å². The lowest BCUT2D eigenvalue weighted by Crippen LogP contribution is -2.33. The van der Waals surface area contributed by atoms with Gasteiger partial charge in [0, 0.05) is 19.2 Å². The van der Waals surface area contributed by atoms with E-state index < -0.39 is 0 Å². The van der Waals surface area contributed by atoms with Gasteiger partial charge in [-0.1, -0.05) is 30.7 Å². The van der Waals surface area contributed by atoms with Crippen LogP contribution >= 0.6 is 11.6 Å². The molecule has 3 rings (SSSR count). The topological polar surface area (TPSA) is 58.1 Å². The van der Waals surface area contributed by atoms with Crippen LogP contribution in [-0.2, 0) is 0 Å². The van der Waals surface area contributed by atoms with E-state index in [-0.39, 0.29) is 5.91 Å². The number of nitrogens with one attached hydrogen (secondary N) is 1. The number of nitrogens with zero attached hydrogens (tertiary/aromatic N) is 3. The lowest BCUT2D eigenvalue weighted by molar-refractivity contribution is 0.102. The molecule has 1 amide bonds. The molecule has 1 aliphatic heterocycles. The first-order chi connectivity index (χ1) is 11.1. The highest BCUT2D eigenvalue weighted by Crippen LogP contribution is 2.23. The summed E-state index contributed by atoms with van der Waals surface area (Å²) in [6, 6.07) is 8.76. The van der Waals surface area contributed by atoms with Gasteiger partial charge >= 0.3 is 0 Å². The molecule has 0 radical (unpaired) electrons. The smallest absolute Gasteiger partial charge is 0.258 e. The SMILES string of the molecule is CC1CCN(c2cc(NC(=O)c3ccccc3Cl)ncn2)CC1. The van der Waals surface area contributed by atoms with Crippen LogP contribution in [0.2, 0.25) is 5.02 Å². The van der Waals surface area contributed by atoms with Gasteiger partial charge in [0.15, 0.2) is 0 Å². The largest absolute Gasteiger partial charge is 0.356 e. The molecule has 1 aliphatic rings. The first kappa shape index (κ1) is 15.7. The van der Waals surface area contributed by atoms with E-state index in [0.717, 1.165) is 37.7 Å². The number of hydrogen-bond acceptors (Lipinski definition) is 4. The Hall–Kier alpha value is -2.14. The number of carbonyl (C=O) groups is 1. The van der Waals surface area contributed by atoms with Gasteiger partial charge in [-0.25, -0.2) is 9.97 Å². The highest BCUT2D eigenvalue weighted by molar-refractivity contribution is 6.34. The molecule has 0 aliphatic carbocycles. The third kappa shape index (κ3) is 3.79. The van der Waals surface area contributed by atoms with Crippen molar-refractivity contribution >= 4 is 29.1 Å². The van der Waals surface area contributed by atoms with Crippen LogP contribution < -0.4 is 10.2 Å². The predicted octanol–water partition coefficient (Wildman–Crippen LogP) is 3.62. The van der Waals surface area contributed by atoms with Crippen molar-refractivity contribution in [3.05, 3.63) is 47.2 Å². The van der Waals surface area contributed by atoms with Crippen molar-refractivity contribution in [2.75, 3.05) is 23.3 Å². The number of carbonyl (C=O) groups excluding carboxylic acids is 1. The Morgan fingerprint density at radius 2 is 2.00 bits per heavy atom. The molecule has 1 N–H and O–H groups in total. The molecule has 0 atom stereocenters. The van der Waals surface area contributed by atoms with Crippen molar-refractivity contribution in [1.82, 2.24) is 9.97 Å². The van der Waals surface area contributed by atoms with E-state index in [1.54, 1.807) is 24.3 Å². The number of anilines is 2. The van der Waals surface area contributed by atoms with Crippen molar-refractivity contribution in [3.8, 4) is 0 Å². The zero-order valence-electron chi connectivity index (χ0n) is 13.0. The molecule has 1 fully saturated rings. The fourth-order valence-electron chi connectivity index (χ4n) is 2.66. The number of hydrogen-bond donors (Lipinski definition) is 1. The summed E-state index contributed by atoms with van der Waals surface area (Å²) < 4.78 is 0. The normalized spacial score (nSPS) is 15.5. The molecule has 0 unspecified atom stereocenters. The average molecular weight is 331 g/mol. The van der Waals surface area contributed by atoms with Crippen LogP contribution in [0.25, 0.3) is 0 Å². The Bertz CT molecular complexity index is 698. The molecule has 2 heterocycles. The molecule has 6 heteroatoms. The Morgan fingerprint density at radius 3 is 2.74 bits per heavy atom. The summed E-state index contributed by atoms with van der Waals surface area (Å²) in [7, 11) is 0. The number of benzene rings is 1. The van der Waals surface area contributed by atoms with Crippen molar-refractivity contribution in [2.24, 2.45) is 5.92 Å².